The molecule has 0 atom stereocenters. The van der Waals surface area contributed by atoms with E-state index < -0.39 is 0 Å². The molecule has 128 heavy (non-hydrogen) atoms. The van der Waals surface area contributed by atoms with E-state index in [9.17, 15) is 0 Å². The predicted molar refractivity (Wildman–Crippen MR) is 521 cm³/mol. The third-order valence-electron chi connectivity index (χ3n) is 21.3. The second-order valence-electron chi connectivity index (χ2n) is 30.6. The highest BCUT2D eigenvalue weighted by atomic mass is 16.5. The van der Waals surface area contributed by atoms with Gasteiger partial charge in [-0.15, -0.1) is 0 Å². The molecule has 15 aromatic rings. The molecule has 634 valence electrons. The molecular formula is C112H98N8O8. The van der Waals surface area contributed by atoms with Gasteiger partial charge >= 0.3 is 0 Å². The number of aromatic nitrogens is 8. The molecule has 0 radical (unpaired) electrons. The van der Waals surface area contributed by atoms with Gasteiger partial charge in [0.15, 0.2) is 69.3 Å². The zero-order chi connectivity index (χ0) is 86.4. The van der Waals surface area contributed by atoms with Gasteiger partial charge in [-0.25, -0.2) is 29.9 Å². The molecule has 0 fully saturated rings. The minimum absolute atomic E-state index is 0.332. The van der Waals surface area contributed by atoms with Gasteiger partial charge in [-0.2, -0.15) is 0 Å². The molecule has 3 aromatic heterocycles. The summed E-state index contributed by atoms with van der Waals surface area (Å²) in [6, 6.07) is 97.8. The van der Waals surface area contributed by atoms with Crippen LogP contribution in [0.2, 0.25) is 0 Å². The van der Waals surface area contributed by atoms with Gasteiger partial charge in [0.25, 0.3) is 0 Å². The Labute approximate surface area is 746 Å². The second-order valence-corrected chi connectivity index (χ2v) is 30.6. The lowest BCUT2D eigenvalue weighted by Gasteiger charge is -2.14. The topological polar surface area (TPSA) is 183 Å². The summed E-state index contributed by atoms with van der Waals surface area (Å²) in [5.74, 6) is 5.38. The third kappa shape index (κ3) is 22.8. The number of nitrogens with one attached hydrogen (secondary N) is 2. The van der Waals surface area contributed by atoms with E-state index in [-0.39, 0.29) is 0 Å². The molecule has 0 unspecified atom stereocenters. The highest BCUT2D eigenvalue weighted by Crippen LogP contribution is 2.47. The van der Waals surface area contributed by atoms with Crippen molar-refractivity contribution >= 4 is 92.7 Å². The summed E-state index contributed by atoms with van der Waals surface area (Å²) < 4.78 is 55.1. The molecule has 2 N–H and O–H groups in total. The maximum atomic E-state index is 6.89. The van der Waals surface area contributed by atoms with Crippen molar-refractivity contribution in [3.8, 4) is 91.5 Å². The maximum absolute atomic E-state index is 6.89. The SMILES string of the molecule is C(=C\c1ccccc1)/CCOc1cc2c(cc1OCC/C=C/c1ccccc1)-c1nc-2nc2[nH]c(nc3nc(nc4[nH]c(n1)c1cc(OCC/C=C/c5ccccc5)c(OCC/C=C/c5ccccc5)cc41)-c1cc(OCC/C=C/c4ccccc4)c(OCC/C=C/c4ccccc4)cc1-3)c1cc(OCC/C=C/c3ccccc3)c(OCC/C=C/c3ccccc3)cc21. The van der Waals surface area contributed by atoms with Crippen LogP contribution in [0.15, 0.2) is 340 Å². The number of benzene rings is 12. The van der Waals surface area contributed by atoms with Crippen molar-refractivity contribution in [2.75, 3.05) is 52.9 Å². The van der Waals surface area contributed by atoms with Crippen molar-refractivity contribution in [3.63, 3.8) is 0 Å². The standard InChI is InChI=1S/C112H98N8O8/c1-9-41-81(42-10-1)57-25-33-65-121-97-73-89-90(74-98(97)122-66-34-26-58-82-43-11-2-12-44-82)106-113-105(89)117-107-91-75-99(123-67-35-27-59-83-45-13-3-14-46-83)100(124-68-36-28-60-84-47-15-4-16-48-84)76-92(91)109(114-107)119-111-95-79-103(127-71-39-31-63-87-53-21-7-22-54-87)104(128-72-40-32-64-88-55-23-8-24-56-88)80-96(95)112(116-111)120-110-94-78-102(126-70-38-30-62-86-51-19-6-20-52-86)101(77-93(94)108(115-110)118-106)125-69-37-29-61-85-49-17-5-18-50-85/h1-32,41-64,73-80H,33-40,65-72H2,(H2,113,114,115,116,117,118,119,120)/b57-25+,58-26+,59-27+,60-28+,61-29+,62-30+,63-31+,64-32+. The average molecular weight is 1680 g/mol. The lowest BCUT2D eigenvalue weighted by molar-refractivity contribution is 0.275. The van der Waals surface area contributed by atoms with Crippen LogP contribution in [0.25, 0.3) is 138 Å². The molecule has 0 spiro atoms. The first-order chi connectivity index (χ1) is 63.5. The smallest absolute Gasteiger partial charge is 0.164 e. The molecule has 0 aliphatic carbocycles. The van der Waals surface area contributed by atoms with Crippen LogP contribution in [-0.4, -0.2) is 92.7 Å². The lowest BCUT2D eigenvalue weighted by atomic mass is 10.1. The van der Waals surface area contributed by atoms with Gasteiger partial charge in [-0.3, -0.25) is 0 Å². The fraction of sp³-hybridized carbons (Fsp3) is 0.143. The molecule has 16 heteroatoms. The summed E-state index contributed by atoms with van der Waals surface area (Å²) in [6.45, 7) is 2.67. The van der Waals surface area contributed by atoms with Gasteiger partial charge in [-0.1, -0.05) is 340 Å². The van der Waals surface area contributed by atoms with E-state index >= 15 is 0 Å². The largest absolute Gasteiger partial charge is 0.489 e. The summed E-state index contributed by atoms with van der Waals surface area (Å²) in [7, 11) is 0. The van der Waals surface area contributed by atoms with Crippen LogP contribution in [0.4, 0.5) is 0 Å². The molecule has 2 aliphatic heterocycles. The molecule has 12 aromatic carbocycles. The van der Waals surface area contributed by atoms with Crippen LogP contribution in [0.5, 0.6) is 46.0 Å². The molecule has 17 rings (SSSR count). The number of rotatable bonds is 40. The van der Waals surface area contributed by atoms with Crippen molar-refractivity contribution < 1.29 is 37.9 Å². The Balaban J connectivity index is 0.868. The first-order valence-corrected chi connectivity index (χ1v) is 43.8. The number of nitrogens with zero attached hydrogens (tertiary/aromatic N) is 6. The Morgan fingerprint density at radius 2 is 0.328 bits per heavy atom. The van der Waals surface area contributed by atoms with Crippen LogP contribution in [0, 0.1) is 0 Å². The first-order valence-electron chi connectivity index (χ1n) is 43.8. The molecular weight excluding hydrogens is 1590 g/mol. The fourth-order valence-electron chi connectivity index (χ4n) is 14.9. The van der Waals surface area contributed by atoms with Crippen LogP contribution >= 0.6 is 0 Å². The van der Waals surface area contributed by atoms with Crippen molar-refractivity contribution in [1.29, 1.82) is 0 Å². The van der Waals surface area contributed by atoms with Gasteiger partial charge < -0.3 is 47.9 Å². The molecule has 0 amide bonds. The molecule has 5 heterocycles. The van der Waals surface area contributed by atoms with Crippen LogP contribution < -0.4 is 37.9 Å². The second kappa shape index (κ2) is 43.6. The number of aromatic amines is 2. The average Bonchev–Trinajstić information content (AvgIpc) is 1.59. The monoisotopic (exact) mass is 1680 g/mol. The van der Waals surface area contributed by atoms with Crippen molar-refractivity contribution in [2.24, 2.45) is 0 Å². The van der Waals surface area contributed by atoms with E-state index in [4.69, 9.17) is 67.8 Å². The van der Waals surface area contributed by atoms with Crippen molar-refractivity contribution in [2.45, 2.75) is 51.4 Å². The fourth-order valence-corrected chi connectivity index (χ4v) is 14.9. The zero-order valence-electron chi connectivity index (χ0n) is 71.2. The Bertz CT molecular complexity index is 5880. The van der Waals surface area contributed by atoms with Crippen molar-refractivity contribution in [3.05, 3.63) is 384 Å². The minimum Gasteiger partial charge on any atom is -0.489 e. The van der Waals surface area contributed by atoms with Gasteiger partial charge in [0, 0.05) is 43.8 Å². The zero-order valence-corrected chi connectivity index (χ0v) is 71.2. The summed E-state index contributed by atoms with van der Waals surface area (Å²) in [6.07, 6.45) is 38.6. The summed E-state index contributed by atoms with van der Waals surface area (Å²) in [5, 5.41) is 2.66. The van der Waals surface area contributed by atoms with Crippen molar-refractivity contribution in [1.82, 2.24) is 39.9 Å². The van der Waals surface area contributed by atoms with Gasteiger partial charge in [0.05, 0.1) is 52.9 Å². The van der Waals surface area contributed by atoms with Gasteiger partial charge in [0.1, 0.15) is 22.6 Å². The predicted octanol–water partition coefficient (Wildman–Crippen LogP) is 26.7. The summed E-state index contributed by atoms with van der Waals surface area (Å²) >= 11 is 0. The highest BCUT2D eigenvalue weighted by molar-refractivity contribution is 6.08. The summed E-state index contributed by atoms with van der Waals surface area (Å²) in [5.41, 5.74) is 13.0. The maximum Gasteiger partial charge on any atom is 0.164 e. The highest BCUT2D eigenvalue weighted by Gasteiger charge is 2.28. The molecule has 8 bridgehead atoms. The van der Waals surface area contributed by atoms with Crippen LogP contribution in [0.1, 0.15) is 95.9 Å². The number of ether oxygens (including phenoxy) is 8. The lowest BCUT2D eigenvalue weighted by Crippen LogP contribution is -2.02. The number of H-pyrrole nitrogens is 2. The third-order valence-corrected chi connectivity index (χ3v) is 21.3. The van der Waals surface area contributed by atoms with E-state index in [0.717, 1.165) is 44.5 Å². The quantitative estimate of drug-likeness (QED) is 0.0346. The number of fused-ring (bicyclic) bond motifs is 20. The first kappa shape index (κ1) is 84.5. The summed E-state index contributed by atoms with van der Waals surface area (Å²) in [4.78, 5) is 41.1. The van der Waals surface area contributed by atoms with Crippen LogP contribution in [-0.2, 0) is 0 Å². The Morgan fingerprint density at radius 3 is 0.484 bits per heavy atom. The van der Waals surface area contributed by atoms with E-state index in [1.54, 1.807) is 0 Å². The molecule has 0 saturated carbocycles. The van der Waals surface area contributed by atoms with Gasteiger partial charge in [0.2, 0.25) is 0 Å². The Hall–Kier alpha value is -15.7. The van der Waals surface area contributed by atoms with Crippen LogP contribution in [0.3, 0.4) is 0 Å². The number of hydrogen-bond acceptors (Lipinski definition) is 14. The van der Waals surface area contributed by atoms with E-state index in [0.29, 0.717) is 240 Å². The van der Waals surface area contributed by atoms with E-state index in [2.05, 4.69) is 204 Å². The van der Waals surface area contributed by atoms with Gasteiger partial charge in [-0.05, 0) is 144 Å². The van der Waals surface area contributed by atoms with E-state index in [1.165, 1.54) is 0 Å². The molecule has 2 aliphatic rings. The normalized spacial score (nSPS) is 12.0. The Kier molecular flexibility index (Phi) is 28.8. The Morgan fingerprint density at radius 1 is 0.180 bits per heavy atom. The molecule has 0 saturated heterocycles. The van der Waals surface area contributed by atoms with E-state index in [1.807, 2.05) is 194 Å². The minimum atomic E-state index is 0.332. The number of hydrogen-bond donors (Lipinski definition) is 2. The molecule has 16 nitrogen and oxygen atoms in total.